The summed E-state index contributed by atoms with van der Waals surface area (Å²) in [5.74, 6) is 0. The van der Waals surface area contributed by atoms with E-state index in [1.54, 1.807) is 17.5 Å². The van der Waals surface area contributed by atoms with Crippen molar-refractivity contribution in [2.45, 2.75) is 13.8 Å². The van der Waals surface area contributed by atoms with Crippen LogP contribution in [-0.2, 0) is 0 Å². The Morgan fingerprint density at radius 2 is 1.94 bits per heavy atom. The summed E-state index contributed by atoms with van der Waals surface area (Å²) < 4.78 is 0. The second-order valence-corrected chi connectivity index (χ2v) is 9.00. The van der Waals surface area contributed by atoms with E-state index in [1.807, 2.05) is 37.5 Å². The van der Waals surface area contributed by atoms with Crippen molar-refractivity contribution in [3.8, 4) is 22.5 Å². The zero-order chi connectivity index (χ0) is 22.9. The maximum Gasteiger partial charge on any atom is 0.181 e. The first-order valence-corrected chi connectivity index (χ1v) is 11.4. The second-order valence-electron chi connectivity index (χ2n) is 7.92. The van der Waals surface area contributed by atoms with Crippen LogP contribution in [0.3, 0.4) is 0 Å². The largest absolute Gasteiger partial charge is 0.357 e. The number of thiophene rings is 1. The average Bonchev–Trinajstić information content (AvgIpc) is 3.56. The number of H-pyrrole nitrogens is 2. The molecule has 5 rings (SSSR count). The molecule has 0 aliphatic heterocycles. The van der Waals surface area contributed by atoms with Gasteiger partial charge in [0.1, 0.15) is 0 Å². The lowest BCUT2D eigenvalue weighted by molar-refractivity contribution is 1.09. The number of nitrogens with one attached hydrogen (secondary N) is 2. The number of aryl methyl sites for hydroxylation is 1. The molecule has 0 aliphatic rings. The number of nitrogens with zero attached hydrogens (tertiary/aromatic N) is 3. The van der Waals surface area contributed by atoms with Gasteiger partial charge in [-0.05, 0) is 49.8 Å². The minimum atomic E-state index is 0.678. The maximum absolute atomic E-state index is 4.55. The van der Waals surface area contributed by atoms with E-state index in [0.29, 0.717) is 5.65 Å². The summed E-state index contributed by atoms with van der Waals surface area (Å²) in [6, 6.07) is 12.5. The lowest BCUT2D eigenvalue weighted by Crippen LogP contribution is -1.85. The van der Waals surface area contributed by atoms with E-state index in [0.717, 1.165) is 50.3 Å². The smallest absolute Gasteiger partial charge is 0.181 e. The zero-order valence-electron chi connectivity index (χ0n) is 18.5. The van der Waals surface area contributed by atoms with Crippen LogP contribution in [0.15, 0.2) is 80.3 Å². The molecule has 5 aromatic heterocycles. The lowest BCUT2D eigenvalue weighted by Gasteiger charge is -2.04. The number of hydrogen-bond donors (Lipinski definition) is 2. The van der Waals surface area contributed by atoms with Crippen molar-refractivity contribution in [2.24, 2.45) is 0 Å². The minimum absolute atomic E-state index is 0.678. The molecule has 0 amide bonds. The van der Waals surface area contributed by atoms with Crippen molar-refractivity contribution in [1.29, 1.82) is 0 Å². The molecule has 0 saturated heterocycles. The van der Waals surface area contributed by atoms with E-state index < -0.39 is 0 Å². The van der Waals surface area contributed by atoms with Crippen LogP contribution in [0.25, 0.3) is 44.7 Å². The third kappa shape index (κ3) is 3.85. The molecule has 2 N–H and O–H groups in total. The third-order valence-corrected chi connectivity index (χ3v) is 6.84. The van der Waals surface area contributed by atoms with Gasteiger partial charge >= 0.3 is 0 Å². The van der Waals surface area contributed by atoms with Crippen LogP contribution in [0.5, 0.6) is 0 Å². The first kappa shape index (κ1) is 20.8. The number of aromatic amines is 2. The van der Waals surface area contributed by atoms with Gasteiger partial charge in [0.25, 0.3) is 0 Å². The number of pyridine rings is 2. The Bertz CT molecular complexity index is 1510. The normalized spacial score (nSPS) is 11.8. The molecule has 0 fully saturated rings. The third-order valence-electron chi connectivity index (χ3n) is 5.56. The average molecular weight is 450 g/mol. The van der Waals surface area contributed by atoms with Crippen molar-refractivity contribution < 1.29 is 0 Å². The highest BCUT2D eigenvalue weighted by Gasteiger charge is 2.17. The van der Waals surface area contributed by atoms with Gasteiger partial charge in [0.05, 0.1) is 11.4 Å². The fourth-order valence-electron chi connectivity index (χ4n) is 3.90. The molecule has 0 radical (unpaired) electrons. The topological polar surface area (TPSA) is 70.2 Å². The van der Waals surface area contributed by atoms with Crippen LogP contribution in [0.1, 0.15) is 27.9 Å². The Hall–Kier alpha value is -4.03. The summed E-state index contributed by atoms with van der Waals surface area (Å²) in [7, 11) is 0. The number of aromatic nitrogens is 5. The molecule has 0 aliphatic carbocycles. The van der Waals surface area contributed by atoms with Gasteiger partial charge in [0.15, 0.2) is 5.65 Å². The summed E-state index contributed by atoms with van der Waals surface area (Å²) in [6.07, 6.45) is 9.32. The van der Waals surface area contributed by atoms with Crippen LogP contribution in [0.2, 0.25) is 0 Å². The van der Waals surface area contributed by atoms with Crippen molar-refractivity contribution in [1.82, 2.24) is 25.1 Å². The van der Waals surface area contributed by atoms with Gasteiger partial charge in [-0.3, -0.25) is 10.1 Å². The molecular formula is C27H23N5S. The molecule has 5 aromatic rings. The monoisotopic (exact) mass is 449 g/mol. The maximum atomic E-state index is 4.55. The highest BCUT2D eigenvalue weighted by Crippen LogP contribution is 2.36. The van der Waals surface area contributed by atoms with Gasteiger partial charge in [0.2, 0.25) is 0 Å². The summed E-state index contributed by atoms with van der Waals surface area (Å²) in [4.78, 5) is 14.7. The standard InChI is InChI=1S/C27H23N5S/c1-5-7-20(25-10-9-24(33-25)16(2)3)21-13-23(30-17(21)4)26-22-12-19(15-29-27(22)32-31-26)18-8-6-11-28-14-18/h5-15,30H,1-2H2,3-4H3,(H,29,31,32)/b20-7+. The van der Waals surface area contributed by atoms with Crippen LogP contribution >= 0.6 is 11.3 Å². The molecule has 162 valence electrons. The first-order chi connectivity index (χ1) is 16.0. The van der Waals surface area contributed by atoms with Gasteiger partial charge in [-0.25, -0.2) is 4.98 Å². The molecule has 5 heterocycles. The molecule has 0 spiro atoms. The van der Waals surface area contributed by atoms with Crippen LogP contribution in [0.4, 0.5) is 0 Å². The molecular weight excluding hydrogens is 426 g/mol. The van der Waals surface area contributed by atoms with Crippen molar-refractivity contribution in [3.05, 3.63) is 101 Å². The zero-order valence-corrected chi connectivity index (χ0v) is 19.3. The Kier molecular flexibility index (Phi) is 5.36. The van der Waals surface area contributed by atoms with Crippen LogP contribution in [0, 0.1) is 6.92 Å². The molecule has 0 aromatic carbocycles. The van der Waals surface area contributed by atoms with E-state index in [4.69, 9.17) is 0 Å². The fourth-order valence-corrected chi connectivity index (χ4v) is 4.87. The first-order valence-electron chi connectivity index (χ1n) is 10.6. The quantitative estimate of drug-likeness (QED) is 0.273. The predicted octanol–water partition coefficient (Wildman–Crippen LogP) is 7.04. The highest BCUT2D eigenvalue weighted by atomic mass is 32.1. The highest BCUT2D eigenvalue weighted by molar-refractivity contribution is 7.14. The van der Waals surface area contributed by atoms with Gasteiger partial charge in [-0.1, -0.05) is 31.4 Å². The van der Waals surface area contributed by atoms with E-state index in [9.17, 15) is 0 Å². The number of rotatable bonds is 6. The Morgan fingerprint density at radius 1 is 1.09 bits per heavy atom. The minimum Gasteiger partial charge on any atom is -0.357 e. The fraction of sp³-hybridized carbons (Fsp3) is 0.0741. The summed E-state index contributed by atoms with van der Waals surface area (Å²) in [5.41, 5.74) is 8.95. The van der Waals surface area contributed by atoms with E-state index in [-0.39, 0.29) is 0 Å². The van der Waals surface area contributed by atoms with Crippen molar-refractivity contribution in [3.63, 3.8) is 0 Å². The molecule has 0 saturated carbocycles. The number of hydrogen-bond acceptors (Lipinski definition) is 4. The van der Waals surface area contributed by atoms with Crippen molar-refractivity contribution in [2.75, 3.05) is 0 Å². The lowest BCUT2D eigenvalue weighted by atomic mass is 10.0. The second kappa shape index (κ2) is 8.48. The van der Waals surface area contributed by atoms with E-state index in [2.05, 4.69) is 75.6 Å². The van der Waals surface area contributed by atoms with Gasteiger partial charge in [-0.15, -0.1) is 11.3 Å². The van der Waals surface area contributed by atoms with E-state index >= 15 is 0 Å². The Balaban J connectivity index is 1.59. The number of allylic oxidation sites excluding steroid dienone is 3. The van der Waals surface area contributed by atoms with Crippen molar-refractivity contribution >= 4 is 33.5 Å². The van der Waals surface area contributed by atoms with Gasteiger partial charge < -0.3 is 4.98 Å². The molecule has 0 bridgehead atoms. The Labute approximate surface area is 196 Å². The summed E-state index contributed by atoms with van der Waals surface area (Å²) >= 11 is 1.74. The molecule has 33 heavy (non-hydrogen) atoms. The van der Waals surface area contributed by atoms with Crippen LogP contribution in [-0.4, -0.2) is 25.1 Å². The Morgan fingerprint density at radius 3 is 2.67 bits per heavy atom. The van der Waals surface area contributed by atoms with Crippen LogP contribution < -0.4 is 0 Å². The summed E-state index contributed by atoms with van der Waals surface area (Å²) in [5, 5.41) is 8.55. The number of fused-ring (bicyclic) bond motifs is 1. The summed E-state index contributed by atoms with van der Waals surface area (Å²) in [6.45, 7) is 12.1. The predicted molar refractivity (Wildman–Crippen MR) is 138 cm³/mol. The molecule has 0 atom stereocenters. The SMILES string of the molecule is C=C/C=C(/c1ccc(C(=C)C)s1)c1cc(-c2[nH]nc3ncc(-c4cccnc4)cc23)[nH]c1C. The molecule has 6 heteroatoms. The van der Waals surface area contributed by atoms with Gasteiger partial charge in [-0.2, -0.15) is 5.10 Å². The van der Waals surface area contributed by atoms with E-state index in [1.165, 1.54) is 9.75 Å². The van der Waals surface area contributed by atoms with Gasteiger partial charge in [0, 0.05) is 61.7 Å². The molecule has 5 nitrogen and oxygen atoms in total. The molecule has 0 unspecified atom stereocenters.